The molecule has 0 fully saturated rings. The molecule has 0 radical (unpaired) electrons. The maximum absolute atomic E-state index is 13.9. The highest BCUT2D eigenvalue weighted by molar-refractivity contribution is 6.32. The minimum atomic E-state index is -1.30. The van der Waals surface area contributed by atoms with Crippen molar-refractivity contribution < 1.29 is 23.5 Å². The molecule has 1 amide bonds. The van der Waals surface area contributed by atoms with E-state index in [9.17, 15) is 19.1 Å². The molecule has 6 nitrogen and oxygen atoms in total. The predicted molar refractivity (Wildman–Crippen MR) is 103 cm³/mol. The van der Waals surface area contributed by atoms with E-state index in [-0.39, 0.29) is 11.5 Å². The number of carboxylic acid groups (broad SMARTS) is 1. The summed E-state index contributed by atoms with van der Waals surface area (Å²) < 4.78 is 19.6. The van der Waals surface area contributed by atoms with Crippen LogP contribution >= 0.6 is 0 Å². The molecule has 0 aliphatic carbocycles. The molecule has 7 heteroatoms. The number of carbonyl (C=O) groups excluding carboxylic acids is 2. The lowest BCUT2D eigenvalue weighted by atomic mass is 10.1. The first kappa shape index (κ1) is 18.4. The van der Waals surface area contributed by atoms with E-state index in [2.05, 4.69) is 5.10 Å². The van der Waals surface area contributed by atoms with Gasteiger partial charge in [0.1, 0.15) is 17.3 Å². The quantitative estimate of drug-likeness (QED) is 0.641. The number of aromatic carboxylic acids is 1. The fourth-order valence-electron chi connectivity index (χ4n) is 2.98. The smallest absolute Gasteiger partial charge is 0.280 e. The highest BCUT2D eigenvalue weighted by Crippen LogP contribution is 2.28. The van der Waals surface area contributed by atoms with Crippen molar-refractivity contribution in [3.63, 3.8) is 0 Å². The van der Waals surface area contributed by atoms with E-state index in [0.29, 0.717) is 34.1 Å². The van der Waals surface area contributed by atoms with Crippen molar-refractivity contribution in [1.29, 1.82) is 0 Å². The van der Waals surface area contributed by atoms with Crippen LogP contribution in [0.25, 0.3) is 17.4 Å². The van der Waals surface area contributed by atoms with Crippen LogP contribution in [-0.4, -0.2) is 17.6 Å². The summed E-state index contributed by atoms with van der Waals surface area (Å²) in [6, 6.07) is 15.2. The normalized spacial score (nSPS) is 15.1. The number of hydrogen-bond donors (Lipinski definition) is 0. The minimum Gasteiger partial charge on any atom is -0.545 e. The SMILES string of the molecule is CC1=NN(c2ccc(C(=O)[O-])cc2)C(=O)/C1=C\c1ccc(-c2ccccc2F)o1. The lowest BCUT2D eigenvalue weighted by molar-refractivity contribution is -0.255. The second kappa shape index (κ2) is 7.20. The molecule has 1 aliphatic rings. The molecule has 0 N–H and O–H groups in total. The Morgan fingerprint density at radius 3 is 2.52 bits per heavy atom. The first-order valence-electron chi connectivity index (χ1n) is 8.72. The maximum Gasteiger partial charge on any atom is 0.280 e. The minimum absolute atomic E-state index is 0.00752. The number of hydrazone groups is 1. The van der Waals surface area contributed by atoms with Crippen LogP contribution in [0.4, 0.5) is 10.1 Å². The molecule has 3 aromatic rings. The Labute approximate surface area is 165 Å². The molecule has 0 unspecified atom stereocenters. The predicted octanol–water partition coefficient (Wildman–Crippen LogP) is 3.26. The molecule has 0 atom stereocenters. The van der Waals surface area contributed by atoms with Crippen LogP contribution in [0.5, 0.6) is 0 Å². The number of rotatable bonds is 4. The topological polar surface area (TPSA) is 85.9 Å². The zero-order valence-corrected chi connectivity index (χ0v) is 15.3. The van der Waals surface area contributed by atoms with Crippen molar-refractivity contribution in [3.05, 3.63) is 83.4 Å². The standard InChI is InChI=1S/C22H15FN2O4/c1-13-18(12-16-10-11-20(29-16)17-4-2-3-5-19(17)23)21(26)25(24-13)15-8-6-14(7-9-15)22(27)28/h2-12H,1H3,(H,27,28)/p-1/b18-12-. The molecular weight excluding hydrogens is 375 g/mol. The third kappa shape index (κ3) is 3.45. The molecule has 2 aromatic carbocycles. The molecule has 29 heavy (non-hydrogen) atoms. The van der Waals surface area contributed by atoms with Gasteiger partial charge in [-0.1, -0.05) is 24.3 Å². The number of anilines is 1. The Balaban J connectivity index is 1.61. The van der Waals surface area contributed by atoms with Crippen molar-refractivity contribution in [1.82, 2.24) is 0 Å². The summed E-state index contributed by atoms with van der Waals surface area (Å²) in [5.41, 5.74) is 1.56. The zero-order valence-electron chi connectivity index (χ0n) is 15.3. The Hall–Kier alpha value is -4.00. The molecule has 0 spiro atoms. The van der Waals surface area contributed by atoms with Crippen molar-refractivity contribution in [2.24, 2.45) is 5.10 Å². The van der Waals surface area contributed by atoms with Gasteiger partial charge in [-0.3, -0.25) is 4.79 Å². The lowest BCUT2D eigenvalue weighted by Crippen LogP contribution is -2.23. The summed E-state index contributed by atoms with van der Waals surface area (Å²) in [5, 5.41) is 16.3. The van der Waals surface area contributed by atoms with Crippen molar-refractivity contribution in [3.8, 4) is 11.3 Å². The summed E-state index contributed by atoms with van der Waals surface area (Å²) in [4.78, 5) is 23.7. The van der Waals surface area contributed by atoms with Gasteiger partial charge < -0.3 is 14.3 Å². The van der Waals surface area contributed by atoms with Crippen LogP contribution < -0.4 is 10.1 Å². The molecule has 0 saturated carbocycles. The monoisotopic (exact) mass is 389 g/mol. The number of amides is 1. The Bertz CT molecular complexity index is 1180. The number of halogens is 1. The maximum atomic E-state index is 13.9. The summed E-state index contributed by atoms with van der Waals surface area (Å²) in [6.45, 7) is 1.68. The van der Waals surface area contributed by atoms with Crippen molar-refractivity contribution in [2.75, 3.05) is 5.01 Å². The van der Waals surface area contributed by atoms with Gasteiger partial charge in [-0.05, 0) is 55.0 Å². The fourth-order valence-corrected chi connectivity index (χ4v) is 2.98. The number of furan rings is 1. The third-order valence-electron chi connectivity index (χ3n) is 4.46. The van der Waals surface area contributed by atoms with Crippen LogP contribution in [0, 0.1) is 5.82 Å². The third-order valence-corrected chi connectivity index (χ3v) is 4.46. The van der Waals surface area contributed by atoms with E-state index in [1.54, 1.807) is 43.3 Å². The molecular formula is C22H14FN2O4-. The van der Waals surface area contributed by atoms with E-state index < -0.39 is 11.8 Å². The molecule has 1 aromatic heterocycles. The zero-order chi connectivity index (χ0) is 20.5. The summed E-state index contributed by atoms with van der Waals surface area (Å²) >= 11 is 0. The van der Waals surface area contributed by atoms with E-state index >= 15 is 0 Å². The van der Waals surface area contributed by atoms with E-state index in [0.717, 1.165) is 0 Å². The average Bonchev–Trinajstić information content (AvgIpc) is 3.28. The van der Waals surface area contributed by atoms with Gasteiger partial charge in [-0.15, -0.1) is 0 Å². The van der Waals surface area contributed by atoms with Crippen molar-refractivity contribution >= 4 is 29.4 Å². The Kier molecular flexibility index (Phi) is 4.56. The van der Waals surface area contributed by atoms with E-state index in [4.69, 9.17) is 4.42 Å². The van der Waals surface area contributed by atoms with Gasteiger partial charge in [0.05, 0.1) is 28.5 Å². The first-order valence-corrected chi connectivity index (χ1v) is 8.72. The molecule has 0 bridgehead atoms. The van der Waals surface area contributed by atoms with Gasteiger partial charge in [0, 0.05) is 0 Å². The second-order valence-corrected chi connectivity index (χ2v) is 6.38. The van der Waals surface area contributed by atoms with Gasteiger partial charge in [0.25, 0.3) is 5.91 Å². The van der Waals surface area contributed by atoms with Gasteiger partial charge in [0.2, 0.25) is 0 Å². The molecule has 144 valence electrons. The average molecular weight is 389 g/mol. The molecule has 1 aliphatic heterocycles. The van der Waals surface area contributed by atoms with Gasteiger partial charge in [-0.25, -0.2) is 4.39 Å². The molecule has 0 saturated heterocycles. The number of carboxylic acids is 1. The molecule has 2 heterocycles. The highest BCUT2D eigenvalue weighted by Gasteiger charge is 2.29. The van der Waals surface area contributed by atoms with Gasteiger partial charge >= 0.3 is 0 Å². The van der Waals surface area contributed by atoms with Crippen LogP contribution in [0.2, 0.25) is 0 Å². The highest BCUT2D eigenvalue weighted by atomic mass is 19.1. The Morgan fingerprint density at radius 1 is 1.10 bits per heavy atom. The van der Waals surface area contributed by atoms with Crippen LogP contribution in [-0.2, 0) is 4.79 Å². The number of benzene rings is 2. The van der Waals surface area contributed by atoms with E-state index in [1.165, 1.54) is 35.3 Å². The largest absolute Gasteiger partial charge is 0.545 e. The Morgan fingerprint density at radius 2 is 1.83 bits per heavy atom. The second-order valence-electron chi connectivity index (χ2n) is 6.38. The van der Waals surface area contributed by atoms with Crippen molar-refractivity contribution in [2.45, 2.75) is 6.92 Å². The van der Waals surface area contributed by atoms with Crippen LogP contribution in [0.15, 0.2) is 75.8 Å². The number of hydrogen-bond acceptors (Lipinski definition) is 5. The summed E-state index contributed by atoms with van der Waals surface area (Å²) in [7, 11) is 0. The number of carbonyl (C=O) groups is 2. The van der Waals surface area contributed by atoms with Crippen LogP contribution in [0.3, 0.4) is 0 Å². The molecule has 4 rings (SSSR count). The first-order chi connectivity index (χ1) is 13.9. The van der Waals surface area contributed by atoms with E-state index in [1.807, 2.05) is 0 Å². The fraction of sp³-hybridized carbons (Fsp3) is 0.0455. The summed E-state index contributed by atoms with van der Waals surface area (Å²) in [6.07, 6.45) is 1.54. The number of nitrogens with zero attached hydrogens (tertiary/aromatic N) is 2. The van der Waals surface area contributed by atoms with Gasteiger partial charge in [-0.2, -0.15) is 10.1 Å². The summed E-state index contributed by atoms with van der Waals surface area (Å²) in [5.74, 6) is -1.34. The van der Waals surface area contributed by atoms with Gasteiger partial charge in [0.15, 0.2) is 0 Å². The lowest BCUT2D eigenvalue weighted by Gasteiger charge is -2.12. The van der Waals surface area contributed by atoms with Crippen LogP contribution in [0.1, 0.15) is 23.0 Å².